The highest BCUT2D eigenvalue weighted by atomic mass is 19.4. The molecule has 0 bridgehead atoms. The maximum Gasteiger partial charge on any atom is 0.417 e. The van der Waals surface area contributed by atoms with Gasteiger partial charge in [0.25, 0.3) is 5.91 Å². The highest BCUT2D eigenvalue weighted by Gasteiger charge is 2.36. The quantitative estimate of drug-likeness (QED) is 0.688. The molecule has 4 rings (SSSR count). The van der Waals surface area contributed by atoms with Gasteiger partial charge in [0.2, 0.25) is 0 Å². The molecule has 1 amide bonds. The predicted molar refractivity (Wildman–Crippen MR) is 104 cm³/mol. The first-order valence-corrected chi connectivity index (χ1v) is 9.45. The Hall–Kier alpha value is -3.30. The van der Waals surface area contributed by atoms with Crippen LogP contribution in [0.5, 0.6) is 0 Å². The van der Waals surface area contributed by atoms with Crippen LogP contribution in [0, 0.1) is 6.92 Å². The summed E-state index contributed by atoms with van der Waals surface area (Å²) in [5.41, 5.74) is 5.66. The number of nitrogens with two attached hydrogens (primary N) is 1. The third-order valence-corrected chi connectivity index (χ3v) is 5.26. The second-order valence-corrected chi connectivity index (χ2v) is 7.25. The fourth-order valence-corrected chi connectivity index (χ4v) is 3.78. The fraction of sp³-hybridized carbons (Fsp3) is 0.350. The van der Waals surface area contributed by atoms with Gasteiger partial charge in [-0.2, -0.15) is 13.2 Å². The van der Waals surface area contributed by atoms with Crippen LogP contribution in [0.2, 0.25) is 0 Å². The Kier molecular flexibility index (Phi) is 5.00. The average Bonchev–Trinajstić information content (AvgIpc) is 2.72. The first-order chi connectivity index (χ1) is 14.2. The van der Waals surface area contributed by atoms with Crippen molar-refractivity contribution in [3.8, 4) is 0 Å². The van der Waals surface area contributed by atoms with Crippen molar-refractivity contribution in [2.45, 2.75) is 31.9 Å². The van der Waals surface area contributed by atoms with E-state index < -0.39 is 11.7 Å². The first-order valence-electron chi connectivity index (χ1n) is 9.45. The van der Waals surface area contributed by atoms with Crippen LogP contribution in [0.1, 0.15) is 46.2 Å². The van der Waals surface area contributed by atoms with E-state index in [2.05, 4.69) is 19.9 Å². The lowest BCUT2D eigenvalue weighted by molar-refractivity contribution is -0.136. The number of pyridine rings is 2. The number of rotatable bonds is 2. The zero-order valence-corrected chi connectivity index (χ0v) is 16.1. The average molecular weight is 416 g/mol. The van der Waals surface area contributed by atoms with Crippen LogP contribution in [0.3, 0.4) is 0 Å². The van der Waals surface area contributed by atoms with Gasteiger partial charge in [-0.3, -0.25) is 9.78 Å². The lowest BCUT2D eigenvalue weighted by Crippen LogP contribution is -2.38. The van der Waals surface area contributed by atoms with Crippen molar-refractivity contribution in [3.63, 3.8) is 0 Å². The number of likely N-dealkylation sites (tertiary alicyclic amines) is 1. The van der Waals surface area contributed by atoms with Crippen LogP contribution in [-0.4, -0.2) is 43.8 Å². The van der Waals surface area contributed by atoms with Gasteiger partial charge in [0, 0.05) is 42.7 Å². The lowest BCUT2D eigenvalue weighted by Gasteiger charge is -2.32. The molecule has 10 heteroatoms. The monoisotopic (exact) mass is 416 g/mol. The Morgan fingerprint density at radius 3 is 2.43 bits per heavy atom. The van der Waals surface area contributed by atoms with Gasteiger partial charge in [0.05, 0.1) is 10.9 Å². The van der Waals surface area contributed by atoms with Crippen molar-refractivity contribution < 1.29 is 18.0 Å². The van der Waals surface area contributed by atoms with Crippen molar-refractivity contribution in [1.82, 2.24) is 24.8 Å². The van der Waals surface area contributed by atoms with Gasteiger partial charge in [-0.15, -0.1) is 0 Å². The molecule has 0 aromatic carbocycles. The van der Waals surface area contributed by atoms with Gasteiger partial charge in [-0.05, 0) is 38.0 Å². The molecule has 1 fully saturated rings. The van der Waals surface area contributed by atoms with Gasteiger partial charge in [-0.25, -0.2) is 15.0 Å². The molecule has 0 saturated carbocycles. The summed E-state index contributed by atoms with van der Waals surface area (Å²) in [6.45, 7) is 2.41. The van der Waals surface area contributed by atoms with Gasteiger partial charge < -0.3 is 10.6 Å². The number of hydrogen-bond acceptors (Lipinski definition) is 6. The van der Waals surface area contributed by atoms with E-state index in [1.54, 1.807) is 36.4 Å². The maximum atomic E-state index is 13.7. The van der Waals surface area contributed by atoms with E-state index >= 15 is 0 Å². The lowest BCUT2D eigenvalue weighted by atomic mass is 9.91. The minimum absolute atomic E-state index is 0.0554. The second-order valence-electron chi connectivity index (χ2n) is 7.25. The topological polar surface area (TPSA) is 97.9 Å². The summed E-state index contributed by atoms with van der Waals surface area (Å²) < 4.78 is 41.1. The minimum Gasteiger partial charge on any atom is -0.383 e. The zero-order valence-electron chi connectivity index (χ0n) is 16.1. The van der Waals surface area contributed by atoms with Gasteiger partial charge in [0.1, 0.15) is 11.6 Å². The minimum atomic E-state index is -4.61. The number of fused-ring (bicyclic) bond motifs is 1. The van der Waals surface area contributed by atoms with E-state index in [9.17, 15) is 18.0 Å². The number of halogens is 3. The number of nitrogen functional groups attached to an aromatic ring is 1. The molecular formula is C20H19F3N6O. The number of nitrogens with zero attached hydrogens (tertiary/aromatic N) is 5. The standard InChI is InChI=1S/C20H19F3N6O/c1-11-26-17(24)16-14(20(21,22)23)10-15(28-18(16)27-11)12-4-8-29(9-5-12)19(30)13-2-6-25-7-3-13/h2-3,6-7,10,12H,4-5,8-9H2,1H3,(H2,24,26,27,28). The Bertz CT molecular complexity index is 1100. The third kappa shape index (κ3) is 3.77. The highest BCUT2D eigenvalue weighted by molar-refractivity contribution is 5.94. The van der Waals surface area contributed by atoms with Gasteiger partial charge in [0.15, 0.2) is 5.65 Å². The number of amides is 1. The summed E-state index contributed by atoms with van der Waals surface area (Å²) in [6.07, 6.45) is -0.501. The molecule has 0 unspecified atom stereocenters. The number of aromatic nitrogens is 4. The smallest absolute Gasteiger partial charge is 0.383 e. The predicted octanol–water partition coefficient (Wildman–Crippen LogP) is 3.35. The van der Waals surface area contributed by atoms with Gasteiger partial charge >= 0.3 is 6.18 Å². The van der Waals surface area contributed by atoms with Crippen molar-refractivity contribution >= 4 is 22.8 Å². The van der Waals surface area contributed by atoms with Crippen LogP contribution in [0.4, 0.5) is 19.0 Å². The number of carbonyl (C=O) groups is 1. The molecule has 0 atom stereocenters. The molecule has 7 nitrogen and oxygen atoms in total. The molecule has 1 aliphatic rings. The number of anilines is 1. The normalized spacial score (nSPS) is 15.5. The summed E-state index contributed by atoms with van der Waals surface area (Å²) in [4.78, 5) is 30.5. The molecule has 0 aliphatic carbocycles. The summed E-state index contributed by atoms with van der Waals surface area (Å²) >= 11 is 0. The Morgan fingerprint density at radius 2 is 1.80 bits per heavy atom. The summed E-state index contributed by atoms with van der Waals surface area (Å²) in [5, 5.41) is -0.276. The van der Waals surface area contributed by atoms with E-state index in [1.807, 2.05) is 0 Å². The van der Waals surface area contributed by atoms with Gasteiger partial charge in [-0.1, -0.05) is 0 Å². The van der Waals surface area contributed by atoms with Crippen molar-refractivity contribution in [2.75, 3.05) is 18.8 Å². The zero-order chi connectivity index (χ0) is 21.5. The molecule has 30 heavy (non-hydrogen) atoms. The van der Waals surface area contributed by atoms with Crippen LogP contribution in [0.15, 0.2) is 30.6 Å². The number of hydrogen-bond donors (Lipinski definition) is 1. The molecule has 3 aromatic rings. The Balaban J connectivity index is 1.62. The molecule has 3 aromatic heterocycles. The summed E-state index contributed by atoms with van der Waals surface area (Å²) in [5.74, 6) is -0.305. The summed E-state index contributed by atoms with van der Waals surface area (Å²) in [7, 11) is 0. The molecule has 1 saturated heterocycles. The molecule has 4 heterocycles. The molecular weight excluding hydrogens is 397 g/mol. The molecule has 1 aliphatic heterocycles. The Labute approximate surface area is 170 Å². The molecule has 156 valence electrons. The van der Waals surface area contributed by atoms with Crippen LogP contribution >= 0.6 is 0 Å². The van der Waals surface area contributed by atoms with Crippen molar-refractivity contribution in [3.05, 3.63) is 53.2 Å². The largest absolute Gasteiger partial charge is 0.417 e. The highest BCUT2D eigenvalue weighted by Crippen LogP contribution is 2.39. The van der Waals surface area contributed by atoms with Crippen LogP contribution in [0.25, 0.3) is 11.0 Å². The van der Waals surface area contributed by atoms with Crippen molar-refractivity contribution in [1.29, 1.82) is 0 Å². The van der Waals surface area contributed by atoms with E-state index in [-0.39, 0.29) is 34.5 Å². The molecule has 2 N–H and O–H groups in total. The van der Waals surface area contributed by atoms with Crippen LogP contribution < -0.4 is 5.73 Å². The number of piperidine rings is 1. The number of aryl methyl sites for hydroxylation is 1. The Morgan fingerprint density at radius 1 is 1.13 bits per heavy atom. The molecule has 0 spiro atoms. The summed E-state index contributed by atoms with van der Waals surface area (Å²) in [6, 6.07) is 4.32. The van der Waals surface area contributed by atoms with E-state index in [4.69, 9.17) is 5.73 Å². The van der Waals surface area contributed by atoms with Crippen LogP contribution in [-0.2, 0) is 6.18 Å². The maximum absolute atomic E-state index is 13.7. The van der Waals surface area contributed by atoms with E-state index in [1.165, 1.54) is 0 Å². The van der Waals surface area contributed by atoms with E-state index in [0.717, 1.165) is 6.07 Å². The number of alkyl halides is 3. The second kappa shape index (κ2) is 7.51. The first kappa shape index (κ1) is 20.0. The molecule has 0 radical (unpaired) electrons. The van der Waals surface area contributed by atoms with Crippen molar-refractivity contribution in [2.24, 2.45) is 0 Å². The SMILES string of the molecule is Cc1nc(N)c2c(C(F)(F)F)cc(C3CCN(C(=O)c4ccncc4)CC3)nc2n1. The fourth-order valence-electron chi connectivity index (χ4n) is 3.78. The third-order valence-electron chi connectivity index (χ3n) is 5.26. The van der Waals surface area contributed by atoms with E-state index in [0.29, 0.717) is 37.2 Å². The number of carbonyl (C=O) groups excluding carboxylic acids is 1.